The minimum Gasteiger partial charge on any atom is -0.321 e. The van der Waals surface area contributed by atoms with Crippen LogP contribution >= 0.6 is 0 Å². The van der Waals surface area contributed by atoms with Crippen molar-refractivity contribution in [2.75, 3.05) is 17.3 Å². The van der Waals surface area contributed by atoms with Crippen LogP contribution in [0.25, 0.3) is 0 Å². The molecule has 0 unspecified atom stereocenters. The number of halogens is 10. The predicted molar refractivity (Wildman–Crippen MR) is 70.5 cm³/mol. The summed E-state index contributed by atoms with van der Waals surface area (Å²) in [5, 5.41) is 1.20. The Kier molecular flexibility index (Phi) is 5.74. The normalized spacial score (nSPS) is 13.3. The van der Waals surface area contributed by atoms with E-state index < -0.39 is 47.4 Å². The van der Waals surface area contributed by atoms with Crippen molar-refractivity contribution in [3.05, 3.63) is 24.3 Å². The van der Waals surface area contributed by atoms with Crippen LogP contribution in [0.2, 0.25) is 0 Å². The van der Waals surface area contributed by atoms with E-state index >= 15 is 0 Å². The molecule has 1 aromatic carbocycles. The zero-order valence-corrected chi connectivity index (χ0v) is 12.9. The highest BCUT2D eigenvalue weighted by atomic mass is 19.4. The monoisotopic (exact) mass is 414 g/mol. The Labute approximate surface area is 143 Å². The molecule has 0 aliphatic carbocycles. The van der Waals surface area contributed by atoms with E-state index in [0.717, 1.165) is 0 Å². The van der Waals surface area contributed by atoms with Crippen LogP contribution in [-0.2, 0) is 9.59 Å². The van der Waals surface area contributed by atoms with Crippen molar-refractivity contribution >= 4 is 23.2 Å². The molecule has 0 atom stereocenters. The lowest BCUT2D eigenvalue weighted by molar-refractivity contribution is -0.268. The highest BCUT2D eigenvalue weighted by molar-refractivity contribution is 5.99. The van der Waals surface area contributed by atoms with E-state index in [2.05, 4.69) is 0 Å². The molecule has 0 spiro atoms. The minimum absolute atomic E-state index is 0.108. The zero-order chi connectivity index (χ0) is 21.4. The van der Waals surface area contributed by atoms with E-state index in [1.165, 1.54) is 5.32 Å². The van der Waals surface area contributed by atoms with E-state index in [9.17, 15) is 53.5 Å². The van der Waals surface area contributed by atoms with Crippen molar-refractivity contribution in [3.63, 3.8) is 0 Å². The summed E-state index contributed by atoms with van der Waals surface area (Å²) in [5.41, 5.74) is -1.24. The number of alkyl halides is 10. The molecule has 0 aromatic heterocycles. The van der Waals surface area contributed by atoms with Crippen molar-refractivity contribution in [2.24, 2.45) is 0 Å². The molecule has 0 saturated carbocycles. The van der Waals surface area contributed by atoms with E-state index in [1.807, 2.05) is 0 Å². The highest BCUT2D eigenvalue weighted by Gasteiger charge is 2.65. The van der Waals surface area contributed by atoms with Gasteiger partial charge in [0, 0.05) is 18.4 Å². The summed E-state index contributed by atoms with van der Waals surface area (Å²) in [4.78, 5) is 22.2. The lowest BCUT2D eigenvalue weighted by atomic mass is 10.2. The number of carbonyl (C=O) groups excluding carboxylic acids is 2. The number of amides is 2. The summed E-state index contributed by atoms with van der Waals surface area (Å²) in [6.07, 6.45) is -12.3. The molecule has 0 heterocycles. The standard InChI is InChI=1S/C13H8F10N2O2/c1-25(9(27)11(16,17)13(21,22)23)7-4-2-6(3-5-7)24-8(26)10(14,15)12(18,19)20/h2-5H,1H3,(H,24,26). The van der Waals surface area contributed by atoms with Gasteiger partial charge in [0.1, 0.15) is 0 Å². The zero-order valence-electron chi connectivity index (χ0n) is 12.9. The van der Waals surface area contributed by atoms with Crippen molar-refractivity contribution in [2.45, 2.75) is 24.2 Å². The number of nitrogens with zero attached hydrogens (tertiary/aromatic N) is 1. The van der Waals surface area contributed by atoms with Crippen LogP contribution in [-0.4, -0.2) is 43.1 Å². The summed E-state index contributed by atoms with van der Waals surface area (Å²) in [6.45, 7) is 0. The molecule has 4 nitrogen and oxygen atoms in total. The van der Waals surface area contributed by atoms with Crippen molar-refractivity contribution in [1.82, 2.24) is 0 Å². The second-order valence-corrected chi connectivity index (χ2v) is 5.01. The van der Waals surface area contributed by atoms with Gasteiger partial charge in [0.15, 0.2) is 0 Å². The average Bonchev–Trinajstić information content (AvgIpc) is 2.51. The van der Waals surface area contributed by atoms with Crippen LogP contribution in [0.4, 0.5) is 55.3 Å². The molecule has 0 aliphatic heterocycles. The van der Waals surface area contributed by atoms with E-state index in [-0.39, 0.29) is 4.90 Å². The van der Waals surface area contributed by atoms with E-state index in [1.54, 1.807) is 0 Å². The van der Waals surface area contributed by atoms with Crippen LogP contribution in [0, 0.1) is 0 Å². The molecule has 1 rings (SSSR count). The van der Waals surface area contributed by atoms with Gasteiger partial charge in [-0.2, -0.15) is 43.9 Å². The van der Waals surface area contributed by atoms with Gasteiger partial charge in [0.05, 0.1) is 0 Å². The maximum atomic E-state index is 13.0. The number of hydrogen-bond acceptors (Lipinski definition) is 2. The molecule has 27 heavy (non-hydrogen) atoms. The minimum atomic E-state index is -6.17. The van der Waals surface area contributed by atoms with E-state index in [4.69, 9.17) is 0 Å². The number of hydrogen-bond donors (Lipinski definition) is 1. The first-order valence-corrected chi connectivity index (χ1v) is 6.51. The summed E-state index contributed by atoms with van der Waals surface area (Å²) in [6, 6.07) is 2.53. The molecule has 2 amide bonds. The van der Waals surface area contributed by atoms with Gasteiger partial charge in [-0.05, 0) is 24.3 Å². The second-order valence-electron chi connectivity index (χ2n) is 5.01. The van der Waals surface area contributed by atoms with Gasteiger partial charge >= 0.3 is 36.0 Å². The van der Waals surface area contributed by atoms with Gasteiger partial charge in [-0.3, -0.25) is 9.59 Å². The molecule has 14 heteroatoms. The summed E-state index contributed by atoms with van der Waals surface area (Å²) >= 11 is 0. The lowest BCUT2D eigenvalue weighted by Crippen LogP contribution is -2.51. The largest absolute Gasteiger partial charge is 0.463 e. The first kappa shape index (κ1) is 22.5. The van der Waals surface area contributed by atoms with Gasteiger partial charge in [-0.1, -0.05) is 0 Å². The van der Waals surface area contributed by atoms with Crippen molar-refractivity contribution in [3.8, 4) is 0 Å². The molecule has 0 bridgehead atoms. The first-order valence-electron chi connectivity index (χ1n) is 6.51. The molecule has 0 aliphatic rings. The van der Waals surface area contributed by atoms with Gasteiger partial charge in [-0.15, -0.1) is 0 Å². The molecule has 0 saturated heterocycles. The fourth-order valence-corrected chi connectivity index (χ4v) is 1.56. The van der Waals surface area contributed by atoms with Crippen LogP contribution in [0.3, 0.4) is 0 Å². The fraction of sp³-hybridized carbons (Fsp3) is 0.385. The molecule has 0 radical (unpaired) electrons. The predicted octanol–water partition coefficient (Wildman–Crippen LogP) is 3.98. The number of anilines is 2. The smallest absolute Gasteiger partial charge is 0.321 e. The van der Waals surface area contributed by atoms with Crippen LogP contribution in [0.1, 0.15) is 0 Å². The number of rotatable bonds is 4. The molecule has 0 fully saturated rings. The van der Waals surface area contributed by atoms with Gasteiger partial charge in [0.2, 0.25) is 0 Å². The summed E-state index contributed by atoms with van der Waals surface area (Å²) in [7, 11) is 0.549. The molecule has 152 valence electrons. The van der Waals surface area contributed by atoms with Crippen LogP contribution in [0.15, 0.2) is 24.3 Å². The third kappa shape index (κ3) is 4.42. The first-order chi connectivity index (χ1) is 11.9. The maximum absolute atomic E-state index is 13.0. The fourth-order valence-electron chi connectivity index (χ4n) is 1.56. The Morgan fingerprint density at radius 1 is 0.778 bits per heavy atom. The van der Waals surface area contributed by atoms with Gasteiger partial charge in [0.25, 0.3) is 0 Å². The van der Waals surface area contributed by atoms with Gasteiger partial charge in [-0.25, -0.2) is 0 Å². The second kappa shape index (κ2) is 6.88. The number of carbonyl (C=O) groups is 2. The van der Waals surface area contributed by atoms with Crippen molar-refractivity contribution < 1.29 is 53.5 Å². The number of benzene rings is 1. The SMILES string of the molecule is CN(C(=O)C(F)(F)C(F)(F)F)c1ccc(NC(=O)C(F)(F)C(F)(F)F)cc1. The Morgan fingerprint density at radius 2 is 1.19 bits per heavy atom. The average molecular weight is 414 g/mol. The summed E-state index contributed by atoms with van der Waals surface area (Å²) in [5.74, 6) is -16.8. The molecule has 1 N–H and O–H groups in total. The lowest BCUT2D eigenvalue weighted by Gasteiger charge is -2.25. The molecular formula is C13H8F10N2O2. The Morgan fingerprint density at radius 3 is 1.56 bits per heavy atom. The third-order valence-electron chi connectivity index (χ3n) is 3.08. The summed E-state index contributed by atoms with van der Waals surface area (Å²) < 4.78 is 124. The quantitative estimate of drug-likeness (QED) is 0.758. The van der Waals surface area contributed by atoms with Crippen LogP contribution in [0.5, 0.6) is 0 Å². The maximum Gasteiger partial charge on any atom is 0.463 e. The topological polar surface area (TPSA) is 49.4 Å². The molecular weight excluding hydrogens is 406 g/mol. The third-order valence-corrected chi connectivity index (χ3v) is 3.08. The van der Waals surface area contributed by atoms with Gasteiger partial charge < -0.3 is 10.2 Å². The molecule has 1 aromatic rings. The van der Waals surface area contributed by atoms with Crippen molar-refractivity contribution in [1.29, 1.82) is 0 Å². The Bertz CT molecular complexity index is 709. The van der Waals surface area contributed by atoms with E-state index in [0.29, 0.717) is 31.3 Å². The number of nitrogens with one attached hydrogen (secondary N) is 1. The Balaban J connectivity index is 2.97. The Hall–Kier alpha value is -2.54. The highest BCUT2D eigenvalue weighted by Crippen LogP contribution is 2.38. The van der Waals surface area contributed by atoms with Crippen LogP contribution < -0.4 is 10.2 Å².